The van der Waals surface area contributed by atoms with Crippen LogP contribution in [0.1, 0.15) is 5.56 Å². The fourth-order valence-corrected chi connectivity index (χ4v) is 2.75. The van der Waals surface area contributed by atoms with Crippen LogP contribution in [-0.4, -0.2) is 22.8 Å². The predicted octanol–water partition coefficient (Wildman–Crippen LogP) is 4.14. The van der Waals surface area contributed by atoms with Gasteiger partial charge in [-0.1, -0.05) is 29.3 Å². The molecule has 0 aliphatic rings. The lowest BCUT2D eigenvalue weighted by atomic mass is 10.1. The van der Waals surface area contributed by atoms with Crippen molar-refractivity contribution in [3.63, 3.8) is 0 Å². The Morgan fingerprint density at radius 1 is 1.24 bits per heavy atom. The number of hydrogen-bond donors (Lipinski definition) is 0. The van der Waals surface area contributed by atoms with Gasteiger partial charge in [-0.05, 0) is 30.2 Å². The Bertz CT molecular complexity index is 423. The maximum Gasteiger partial charge on any atom is 0.251 e. The largest absolute Gasteiger partial charge is 0.272 e. The molecular weight excluding hydrogens is 297 g/mol. The minimum Gasteiger partial charge on any atom is -0.272 e. The van der Waals surface area contributed by atoms with E-state index in [4.69, 9.17) is 23.2 Å². The van der Waals surface area contributed by atoms with Crippen LogP contribution in [0.5, 0.6) is 0 Å². The van der Waals surface area contributed by atoms with Gasteiger partial charge in [0.2, 0.25) is 0 Å². The molecule has 0 N–H and O–H groups in total. The fourth-order valence-electron chi connectivity index (χ4n) is 1.17. The van der Waals surface area contributed by atoms with Crippen molar-refractivity contribution in [2.24, 2.45) is 4.99 Å². The topological polar surface area (TPSA) is 29.4 Å². The number of hydrogen-bond acceptors (Lipinski definition) is 3. The van der Waals surface area contributed by atoms with E-state index in [0.29, 0.717) is 15.6 Å². The molecule has 0 unspecified atom stereocenters. The lowest BCUT2D eigenvalue weighted by Crippen LogP contribution is -2.02. The van der Waals surface area contributed by atoms with Crippen molar-refractivity contribution in [3.05, 3.63) is 33.8 Å². The van der Waals surface area contributed by atoms with Gasteiger partial charge in [0.1, 0.15) is 4.38 Å². The van der Waals surface area contributed by atoms with Crippen LogP contribution in [0.25, 0.3) is 0 Å². The van der Waals surface area contributed by atoms with Gasteiger partial charge in [0.15, 0.2) is 0 Å². The number of benzene rings is 1. The molecule has 0 heterocycles. The molecule has 0 aliphatic carbocycles. The Kier molecular flexibility index (Phi) is 6.41. The molecule has 1 rings (SSSR count). The van der Waals surface area contributed by atoms with Gasteiger partial charge in [0.25, 0.3) is 5.91 Å². The fraction of sp³-hybridized carbons (Fsp3) is 0.273. The molecule has 0 fully saturated rings. The molecule has 2 nitrogen and oxygen atoms in total. The van der Waals surface area contributed by atoms with E-state index in [1.165, 1.54) is 23.5 Å². The highest BCUT2D eigenvalue weighted by Crippen LogP contribution is 2.25. The Morgan fingerprint density at radius 2 is 1.76 bits per heavy atom. The molecule has 1 amide bonds. The predicted molar refractivity (Wildman–Crippen MR) is 79.6 cm³/mol. The van der Waals surface area contributed by atoms with Crippen LogP contribution in [0.2, 0.25) is 10.0 Å². The standard InChI is InChI=1S/C11H11Cl2NOS2/c1-16-11(17-2)14-10(15)6-7-8(12)4-3-5-9(7)13/h3-5H,6H2,1-2H3. The molecule has 0 radical (unpaired) electrons. The summed E-state index contributed by atoms with van der Waals surface area (Å²) in [6.07, 6.45) is 3.89. The molecular formula is C11H11Cl2NOS2. The molecule has 0 aliphatic heterocycles. The Morgan fingerprint density at radius 3 is 2.24 bits per heavy atom. The zero-order valence-electron chi connectivity index (χ0n) is 9.37. The summed E-state index contributed by atoms with van der Waals surface area (Å²) in [7, 11) is 0. The van der Waals surface area contributed by atoms with E-state index in [-0.39, 0.29) is 12.3 Å². The molecule has 0 spiro atoms. The van der Waals surface area contributed by atoms with Gasteiger partial charge >= 0.3 is 0 Å². The molecule has 1 aromatic rings. The number of halogens is 2. The highest BCUT2D eigenvalue weighted by molar-refractivity contribution is 8.38. The number of amides is 1. The van der Waals surface area contributed by atoms with Crippen molar-refractivity contribution < 1.29 is 4.79 Å². The van der Waals surface area contributed by atoms with Gasteiger partial charge in [-0.15, -0.1) is 23.5 Å². The SMILES string of the molecule is CSC(=NC(=O)Cc1c(Cl)cccc1Cl)SC. The van der Waals surface area contributed by atoms with Crippen LogP contribution in [-0.2, 0) is 11.2 Å². The maximum absolute atomic E-state index is 11.7. The zero-order chi connectivity index (χ0) is 12.8. The van der Waals surface area contributed by atoms with E-state index in [0.717, 1.165) is 4.38 Å². The van der Waals surface area contributed by atoms with Crippen molar-refractivity contribution >= 4 is 57.0 Å². The minimum atomic E-state index is -0.237. The van der Waals surface area contributed by atoms with E-state index in [2.05, 4.69) is 4.99 Å². The summed E-state index contributed by atoms with van der Waals surface area (Å²) in [4.78, 5) is 15.7. The van der Waals surface area contributed by atoms with Gasteiger partial charge in [0, 0.05) is 10.0 Å². The second kappa shape index (κ2) is 7.31. The molecule has 92 valence electrons. The average molecular weight is 308 g/mol. The smallest absolute Gasteiger partial charge is 0.251 e. The first-order chi connectivity index (χ1) is 8.08. The number of nitrogens with zero attached hydrogens (tertiary/aromatic N) is 1. The number of thioether (sulfide) groups is 2. The highest BCUT2D eigenvalue weighted by atomic mass is 35.5. The van der Waals surface area contributed by atoms with E-state index >= 15 is 0 Å². The first-order valence-electron chi connectivity index (χ1n) is 4.71. The van der Waals surface area contributed by atoms with Crippen molar-refractivity contribution in [1.82, 2.24) is 0 Å². The average Bonchev–Trinajstić information content (AvgIpc) is 2.31. The lowest BCUT2D eigenvalue weighted by Gasteiger charge is -2.04. The monoisotopic (exact) mass is 307 g/mol. The third-order valence-corrected chi connectivity index (χ3v) is 4.54. The van der Waals surface area contributed by atoms with E-state index in [1.807, 2.05) is 12.5 Å². The highest BCUT2D eigenvalue weighted by Gasteiger charge is 2.10. The van der Waals surface area contributed by atoms with Gasteiger partial charge < -0.3 is 0 Å². The molecule has 0 saturated heterocycles. The second-order valence-corrected chi connectivity index (χ2v) is 5.72. The Labute approximate surface area is 119 Å². The lowest BCUT2D eigenvalue weighted by molar-refractivity contribution is -0.117. The molecule has 0 aromatic heterocycles. The number of carbonyl (C=O) groups is 1. The Hall–Kier alpha value is -0.160. The van der Waals surface area contributed by atoms with Crippen molar-refractivity contribution in [1.29, 1.82) is 0 Å². The third kappa shape index (κ3) is 4.54. The summed E-state index contributed by atoms with van der Waals surface area (Å²) in [6, 6.07) is 5.17. The molecule has 0 saturated carbocycles. The Balaban J connectivity index is 2.85. The number of rotatable bonds is 2. The van der Waals surface area contributed by atoms with E-state index in [9.17, 15) is 4.79 Å². The van der Waals surface area contributed by atoms with Crippen molar-refractivity contribution in [2.75, 3.05) is 12.5 Å². The normalized spacial score (nSPS) is 10.1. The van der Waals surface area contributed by atoms with Crippen LogP contribution < -0.4 is 0 Å². The van der Waals surface area contributed by atoms with Crippen LogP contribution in [0.3, 0.4) is 0 Å². The molecule has 1 aromatic carbocycles. The third-order valence-electron chi connectivity index (χ3n) is 1.95. The van der Waals surface area contributed by atoms with Crippen LogP contribution in [0.4, 0.5) is 0 Å². The van der Waals surface area contributed by atoms with Crippen molar-refractivity contribution in [3.8, 4) is 0 Å². The van der Waals surface area contributed by atoms with E-state index < -0.39 is 0 Å². The molecule has 0 bridgehead atoms. The van der Waals surface area contributed by atoms with Crippen LogP contribution in [0.15, 0.2) is 23.2 Å². The quantitative estimate of drug-likeness (QED) is 0.607. The zero-order valence-corrected chi connectivity index (χ0v) is 12.5. The minimum absolute atomic E-state index is 0.128. The van der Waals surface area contributed by atoms with E-state index in [1.54, 1.807) is 18.2 Å². The van der Waals surface area contributed by atoms with Gasteiger partial charge in [-0.3, -0.25) is 4.79 Å². The second-order valence-electron chi connectivity index (χ2n) is 3.06. The summed E-state index contributed by atoms with van der Waals surface area (Å²) in [5.41, 5.74) is 0.631. The summed E-state index contributed by atoms with van der Waals surface area (Å²) >= 11 is 14.9. The summed E-state index contributed by atoms with van der Waals surface area (Å²) in [5, 5.41) is 0.992. The van der Waals surface area contributed by atoms with Crippen LogP contribution in [0, 0.1) is 0 Å². The van der Waals surface area contributed by atoms with Gasteiger partial charge in [0.05, 0.1) is 6.42 Å². The number of aliphatic imine (C=N–C) groups is 1. The molecule has 6 heteroatoms. The van der Waals surface area contributed by atoms with Gasteiger partial charge in [-0.2, -0.15) is 4.99 Å². The summed E-state index contributed by atoms with van der Waals surface area (Å²) in [6.45, 7) is 0. The van der Waals surface area contributed by atoms with Gasteiger partial charge in [-0.25, -0.2) is 0 Å². The van der Waals surface area contributed by atoms with Crippen LogP contribution >= 0.6 is 46.7 Å². The number of carbonyl (C=O) groups excluding carboxylic acids is 1. The first kappa shape index (κ1) is 14.9. The van der Waals surface area contributed by atoms with Crippen molar-refractivity contribution in [2.45, 2.75) is 6.42 Å². The summed E-state index contributed by atoms with van der Waals surface area (Å²) < 4.78 is 0.734. The molecule has 0 atom stereocenters. The maximum atomic E-state index is 11.7. The molecule has 17 heavy (non-hydrogen) atoms. The first-order valence-corrected chi connectivity index (χ1v) is 7.91. The summed E-state index contributed by atoms with van der Waals surface area (Å²) in [5.74, 6) is -0.237.